The second-order valence-electron chi connectivity index (χ2n) is 9.84. The summed E-state index contributed by atoms with van der Waals surface area (Å²) in [5.74, 6) is -3.00. The molecule has 42 heavy (non-hydrogen) atoms. The quantitative estimate of drug-likeness (QED) is 0.230. The molecule has 218 valence electrons. The normalized spacial score (nSPS) is 16.9. The lowest BCUT2D eigenvalue weighted by atomic mass is 9.93. The van der Waals surface area contributed by atoms with E-state index in [1.165, 1.54) is 36.7 Å². The average Bonchev–Trinajstić information content (AvgIpc) is 3.40. The summed E-state index contributed by atoms with van der Waals surface area (Å²) in [6.45, 7) is 0.512. The zero-order valence-electron chi connectivity index (χ0n) is 21.9. The first kappa shape index (κ1) is 28.6. The molecule has 3 heterocycles. The van der Waals surface area contributed by atoms with Gasteiger partial charge in [0.05, 0.1) is 24.1 Å². The summed E-state index contributed by atoms with van der Waals surface area (Å²) >= 11 is 0. The summed E-state index contributed by atoms with van der Waals surface area (Å²) in [5, 5.41) is 21.9. The Balaban J connectivity index is 1.43. The topological polar surface area (TPSA) is 125 Å². The number of nitrogens with one attached hydrogen (secondary N) is 2. The third-order valence-corrected chi connectivity index (χ3v) is 6.34. The zero-order chi connectivity index (χ0) is 30.1. The predicted molar refractivity (Wildman–Crippen MR) is 141 cm³/mol. The molecule has 0 radical (unpaired) electrons. The van der Waals surface area contributed by atoms with Crippen LogP contribution in [0.3, 0.4) is 0 Å². The van der Waals surface area contributed by atoms with Gasteiger partial charge in [0.15, 0.2) is 24.0 Å². The highest BCUT2D eigenvalue weighted by Crippen LogP contribution is 2.39. The molecule has 0 bridgehead atoms. The molecule has 1 atom stereocenters. The van der Waals surface area contributed by atoms with Crippen LogP contribution in [0.15, 0.2) is 53.8 Å². The first-order chi connectivity index (χ1) is 20.0. The molecular formula is C28H22F5N5O4. The molecule has 1 aliphatic rings. The molecule has 5 rings (SSSR count). The molecule has 0 aliphatic carbocycles. The van der Waals surface area contributed by atoms with E-state index in [9.17, 15) is 23.5 Å². The van der Waals surface area contributed by atoms with Crippen molar-refractivity contribution < 1.29 is 41.3 Å². The first-order valence-electron chi connectivity index (χ1n) is 12.4. The Morgan fingerprint density at radius 3 is 2.57 bits per heavy atom. The molecular weight excluding hydrogens is 565 g/mol. The van der Waals surface area contributed by atoms with Crippen LogP contribution in [0.5, 0.6) is 17.2 Å². The van der Waals surface area contributed by atoms with Gasteiger partial charge in [-0.15, -0.1) is 0 Å². The fourth-order valence-corrected chi connectivity index (χ4v) is 4.14. The van der Waals surface area contributed by atoms with Crippen LogP contribution in [0, 0.1) is 28.4 Å². The van der Waals surface area contributed by atoms with Crippen molar-refractivity contribution in [1.29, 1.82) is 5.26 Å². The summed E-state index contributed by atoms with van der Waals surface area (Å²) < 4.78 is 83.9. The number of ether oxygens (including phenoxy) is 3. The minimum absolute atomic E-state index is 0.0165. The summed E-state index contributed by atoms with van der Waals surface area (Å²) in [6, 6.07) is 9.24. The number of aliphatic hydroxyl groups is 1. The number of H-pyrrole nitrogens is 1. The molecule has 1 aliphatic heterocycles. The van der Waals surface area contributed by atoms with E-state index in [-0.39, 0.29) is 48.5 Å². The third kappa shape index (κ3) is 6.06. The number of anilines is 1. The highest BCUT2D eigenvalue weighted by molar-refractivity contribution is 5.98. The van der Waals surface area contributed by atoms with Gasteiger partial charge >= 0.3 is 6.18 Å². The summed E-state index contributed by atoms with van der Waals surface area (Å²) in [4.78, 5) is 11.3. The standard InChI is InChI=1S/C28H22F5N5O4/c1-27(12-39)11-37-26(41-13-27)38-17-7-19(29)24(20(30)8-17)42-22-4-5-35-25-23(22)18(10-36-25)15-2-3-21(16(6-15)9-34)40-14-28(31,32)33/h2-8,10,39H,11-14H2,1H3,(H,35,36)(H,37,38)/t27-/m1/s1. The van der Waals surface area contributed by atoms with Crippen molar-refractivity contribution in [2.45, 2.75) is 13.1 Å². The lowest BCUT2D eigenvalue weighted by Crippen LogP contribution is -2.38. The molecule has 3 N–H and O–H groups in total. The van der Waals surface area contributed by atoms with Gasteiger partial charge in [0.1, 0.15) is 29.8 Å². The molecule has 0 fully saturated rings. The number of rotatable bonds is 7. The van der Waals surface area contributed by atoms with E-state index in [4.69, 9.17) is 14.2 Å². The Hall–Kier alpha value is -4.90. The Morgan fingerprint density at radius 2 is 1.93 bits per heavy atom. The maximum absolute atomic E-state index is 15.1. The number of hydrogen-bond donors (Lipinski definition) is 3. The number of aliphatic imine (C=N–C) groups is 1. The van der Waals surface area contributed by atoms with Crippen LogP contribution in [0.25, 0.3) is 22.2 Å². The van der Waals surface area contributed by atoms with Crippen molar-refractivity contribution in [1.82, 2.24) is 9.97 Å². The van der Waals surface area contributed by atoms with Crippen molar-refractivity contribution in [2.75, 3.05) is 31.7 Å². The van der Waals surface area contributed by atoms with Crippen LogP contribution in [-0.2, 0) is 4.74 Å². The number of nitrogens with zero attached hydrogens (tertiary/aromatic N) is 3. The number of benzene rings is 2. The highest BCUT2D eigenvalue weighted by atomic mass is 19.4. The minimum atomic E-state index is -4.58. The van der Waals surface area contributed by atoms with Crippen LogP contribution >= 0.6 is 0 Å². The number of aliphatic hydroxyl groups excluding tert-OH is 1. The number of hydrogen-bond acceptors (Lipinski definition) is 8. The fraction of sp³-hybridized carbons (Fsp3) is 0.250. The Morgan fingerprint density at radius 1 is 1.17 bits per heavy atom. The summed E-state index contributed by atoms with van der Waals surface area (Å²) in [7, 11) is 0. The molecule has 2 aromatic heterocycles. The number of aromatic amines is 1. The van der Waals surface area contributed by atoms with Gasteiger partial charge in [0.25, 0.3) is 6.02 Å². The van der Waals surface area contributed by atoms with Gasteiger partial charge in [-0.3, -0.25) is 0 Å². The smallest absolute Gasteiger partial charge is 0.422 e. The summed E-state index contributed by atoms with van der Waals surface area (Å²) in [5.41, 5.74) is 0.410. The van der Waals surface area contributed by atoms with E-state index in [1.54, 1.807) is 6.92 Å². The first-order valence-corrected chi connectivity index (χ1v) is 12.4. The number of pyridine rings is 1. The van der Waals surface area contributed by atoms with Gasteiger partial charge in [-0.2, -0.15) is 18.4 Å². The SMILES string of the molecule is C[C@]1(CO)CN=C(Nc2cc(F)c(Oc3ccnc4[nH]cc(-c5ccc(OCC(F)(F)F)c(C#N)c5)c34)c(F)c2)OC1. The molecule has 0 amide bonds. The Labute approximate surface area is 235 Å². The van der Waals surface area contributed by atoms with E-state index >= 15 is 8.78 Å². The van der Waals surface area contributed by atoms with Crippen molar-refractivity contribution in [3.63, 3.8) is 0 Å². The van der Waals surface area contributed by atoms with Crippen molar-refractivity contribution in [3.05, 3.63) is 66.0 Å². The van der Waals surface area contributed by atoms with E-state index in [0.717, 1.165) is 12.1 Å². The van der Waals surface area contributed by atoms with E-state index in [0.29, 0.717) is 22.2 Å². The maximum atomic E-state index is 15.1. The van der Waals surface area contributed by atoms with Gasteiger partial charge < -0.3 is 29.6 Å². The van der Waals surface area contributed by atoms with E-state index in [2.05, 4.69) is 20.3 Å². The monoisotopic (exact) mass is 587 g/mol. The van der Waals surface area contributed by atoms with Crippen molar-refractivity contribution >= 4 is 22.7 Å². The molecule has 0 saturated heterocycles. The number of alkyl halides is 3. The van der Waals surface area contributed by atoms with Crippen molar-refractivity contribution in [2.24, 2.45) is 10.4 Å². The van der Waals surface area contributed by atoms with Crippen LogP contribution in [-0.4, -0.2) is 53.6 Å². The second-order valence-corrected chi connectivity index (χ2v) is 9.84. The lowest BCUT2D eigenvalue weighted by Gasteiger charge is -2.30. The number of aromatic nitrogens is 2. The largest absolute Gasteiger partial charge is 0.483 e. The number of amidine groups is 1. The van der Waals surface area contributed by atoms with Gasteiger partial charge in [0, 0.05) is 41.2 Å². The lowest BCUT2D eigenvalue weighted by molar-refractivity contribution is -0.153. The van der Waals surface area contributed by atoms with Crippen LogP contribution in [0.4, 0.5) is 27.6 Å². The van der Waals surface area contributed by atoms with Crippen molar-refractivity contribution in [3.8, 4) is 34.4 Å². The van der Waals surface area contributed by atoms with Gasteiger partial charge in [-0.1, -0.05) is 13.0 Å². The molecule has 2 aromatic carbocycles. The Bertz CT molecular complexity index is 1690. The third-order valence-electron chi connectivity index (χ3n) is 6.34. The fourth-order valence-electron chi connectivity index (χ4n) is 4.14. The predicted octanol–water partition coefficient (Wildman–Crippen LogP) is 5.91. The van der Waals surface area contributed by atoms with Gasteiger partial charge in [-0.05, 0) is 23.8 Å². The number of fused-ring (bicyclic) bond motifs is 1. The molecule has 9 nitrogen and oxygen atoms in total. The Kier molecular flexibility index (Phi) is 7.61. The van der Waals surface area contributed by atoms with Crippen LogP contribution in [0.1, 0.15) is 12.5 Å². The second kappa shape index (κ2) is 11.2. The molecule has 0 unspecified atom stereocenters. The van der Waals surface area contributed by atoms with E-state index < -0.39 is 35.6 Å². The van der Waals surface area contributed by atoms with E-state index in [1.807, 2.05) is 6.07 Å². The zero-order valence-corrected chi connectivity index (χ0v) is 21.9. The average molecular weight is 588 g/mol. The molecule has 0 saturated carbocycles. The minimum Gasteiger partial charge on any atom is -0.483 e. The summed E-state index contributed by atoms with van der Waals surface area (Å²) in [6.07, 6.45) is -1.71. The van der Waals surface area contributed by atoms with Gasteiger partial charge in [-0.25, -0.2) is 18.8 Å². The van der Waals surface area contributed by atoms with Gasteiger partial charge in [0.2, 0.25) is 0 Å². The number of halogens is 5. The van der Waals surface area contributed by atoms with Crippen LogP contribution < -0.4 is 14.8 Å². The number of nitriles is 1. The highest BCUT2D eigenvalue weighted by Gasteiger charge is 2.30. The molecule has 0 spiro atoms. The van der Waals surface area contributed by atoms with Crippen LogP contribution in [0.2, 0.25) is 0 Å². The molecule has 4 aromatic rings. The molecule has 14 heteroatoms. The maximum Gasteiger partial charge on any atom is 0.422 e.